The van der Waals surface area contributed by atoms with Crippen molar-refractivity contribution >= 4 is 17.7 Å². The minimum atomic E-state index is -0.681. The van der Waals surface area contributed by atoms with Gasteiger partial charge < -0.3 is 25.0 Å². The highest BCUT2D eigenvalue weighted by atomic mass is 16.5. The van der Waals surface area contributed by atoms with Crippen LogP contribution in [0.25, 0.3) is 0 Å². The van der Waals surface area contributed by atoms with Crippen LogP contribution in [-0.4, -0.2) is 62.5 Å². The van der Waals surface area contributed by atoms with Crippen molar-refractivity contribution in [2.24, 2.45) is 5.92 Å². The molecular weight excluding hydrogens is 434 g/mol. The van der Waals surface area contributed by atoms with Gasteiger partial charge in [0.2, 0.25) is 5.91 Å². The van der Waals surface area contributed by atoms with Gasteiger partial charge in [-0.3, -0.25) is 14.4 Å². The molecule has 3 rings (SSSR count). The Morgan fingerprint density at radius 1 is 0.971 bits per heavy atom. The summed E-state index contributed by atoms with van der Waals surface area (Å²) in [4.78, 5) is 40.6. The molecule has 1 atom stereocenters. The van der Waals surface area contributed by atoms with Crippen molar-refractivity contribution in [3.8, 4) is 11.5 Å². The minimum absolute atomic E-state index is 0.0650. The van der Waals surface area contributed by atoms with Crippen molar-refractivity contribution in [1.29, 1.82) is 0 Å². The molecule has 1 heterocycles. The summed E-state index contributed by atoms with van der Waals surface area (Å²) in [5, 5.41) is 5.84. The quantitative estimate of drug-likeness (QED) is 0.591. The number of carbonyl (C=O) groups excluding carboxylic acids is 3. The zero-order valence-electron chi connectivity index (χ0n) is 20.0. The second-order valence-electron chi connectivity index (χ2n) is 8.34. The lowest BCUT2D eigenvalue weighted by Gasteiger charge is -2.36. The predicted molar refractivity (Wildman–Crippen MR) is 129 cm³/mol. The minimum Gasteiger partial charge on any atom is -0.497 e. The molecule has 8 nitrogen and oxygen atoms in total. The van der Waals surface area contributed by atoms with Gasteiger partial charge >= 0.3 is 0 Å². The molecule has 0 aromatic heterocycles. The number of benzene rings is 2. The van der Waals surface area contributed by atoms with Crippen molar-refractivity contribution in [1.82, 2.24) is 15.5 Å². The average Bonchev–Trinajstić information content (AvgIpc) is 2.89. The molecule has 2 N–H and O–H groups in total. The van der Waals surface area contributed by atoms with Crippen LogP contribution in [0, 0.1) is 5.92 Å². The van der Waals surface area contributed by atoms with Gasteiger partial charge in [-0.15, -0.1) is 0 Å². The van der Waals surface area contributed by atoms with E-state index in [1.807, 2.05) is 6.92 Å². The van der Waals surface area contributed by atoms with Gasteiger partial charge in [0.05, 0.1) is 14.2 Å². The van der Waals surface area contributed by atoms with Crippen LogP contribution in [0.3, 0.4) is 0 Å². The SMILES string of the molecule is CCCNC(=O)[C@H](NC(=O)c1cccc(OC)c1)C1CCN(C(=O)c2cccc(OC)c2)CC1. The standard InChI is InChI=1S/C26H33N3O5/c1-4-13-27-25(31)23(28-24(30)19-7-5-9-21(16-19)33-2)18-11-14-29(15-12-18)26(32)20-8-6-10-22(17-20)34-3/h5-10,16-18,23H,4,11-15H2,1-3H3,(H,27,31)(H,28,30)/t23-/m1/s1. The summed E-state index contributed by atoms with van der Waals surface area (Å²) in [7, 11) is 3.11. The maximum Gasteiger partial charge on any atom is 0.253 e. The monoisotopic (exact) mass is 467 g/mol. The molecule has 0 saturated carbocycles. The summed E-state index contributed by atoms with van der Waals surface area (Å²) in [6.45, 7) is 3.53. The van der Waals surface area contributed by atoms with Crippen molar-refractivity contribution in [3.05, 3.63) is 59.7 Å². The highest BCUT2D eigenvalue weighted by molar-refractivity contribution is 5.98. The van der Waals surface area contributed by atoms with Gasteiger partial charge in [0.1, 0.15) is 17.5 Å². The fourth-order valence-corrected chi connectivity index (χ4v) is 4.12. The van der Waals surface area contributed by atoms with Gasteiger partial charge in [0, 0.05) is 30.8 Å². The highest BCUT2D eigenvalue weighted by Crippen LogP contribution is 2.24. The number of nitrogens with one attached hydrogen (secondary N) is 2. The Morgan fingerprint density at radius 2 is 1.56 bits per heavy atom. The molecule has 0 bridgehead atoms. The molecule has 1 fully saturated rings. The zero-order chi connectivity index (χ0) is 24.5. The molecule has 0 unspecified atom stereocenters. The van der Waals surface area contributed by atoms with Gasteiger partial charge in [-0.05, 0) is 61.6 Å². The van der Waals surface area contributed by atoms with E-state index in [1.165, 1.54) is 0 Å². The number of hydrogen-bond donors (Lipinski definition) is 2. The number of ether oxygens (including phenoxy) is 2. The summed E-state index contributed by atoms with van der Waals surface area (Å²) in [6.07, 6.45) is 2.02. The summed E-state index contributed by atoms with van der Waals surface area (Å²) < 4.78 is 10.4. The lowest BCUT2D eigenvalue weighted by atomic mass is 9.88. The molecule has 1 aliphatic rings. The first kappa shape index (κ1) is 25.1. The van der Waals surface area contributed by atoms with Gasteiger partial charge in [-0.2, -0.15) is 0 Å². The van der Waals surface area contributed by atoms with E-state index in [0.717, 1.165) is 6.42 Å². The average molecular weight is 468 g/mol. The number of likely N-dealkylation sites (tertiary alicyclic amines) is 1. The number of piperidine rings is 1. The number of amides is 3. The Kier molecular flexibility index (Phi) is 8.90. The number of nitrogens with zero attached hydrogens (tertiary/aromatic N) is 1. The maximum absolute atomic E-state index is 13.0. The smallest absolute Gasteiger partial charge is 0.253 e. The topological polar surface area (TPSA) is 97.0 Å². The summed E-state index contributed by atoms with van der Waals surface area (Å²) in [5.41, 5.74) is 1.000. The molecule has 0 aliphatic carbocycles. The van der Waals surface area contributed by atoms with Crippen LogP contribution in [-0.2, 0) is 4.79 Å². The van der Waals surface area contributed by atoms with E-state index in [2.05, 4.69) is 10.6 Å². The first-order chi connectivity index (χ1) is 16.5. The highest BCUT2D eigenvalue weighted by Gasteiger charge is 2.34. The second kappa shape index (κ2) is 12.1. The molecule has 34 heavy (non-hydrogen) atoms. The van der Waals surface area contributed by atoms with E-state index < -0.39 is 6.04 Å². The first-order valence-electron chi connectivity index (χ1n) is 11.6. The molecule has 8 heteroatoms. The second-order valence-corrected chi connectivity index (χ2v) is 8.34. The molecule has 1 saturated heterocycles. The van der Waals surface area contributed by atoms with Crippen LogP contribution in [0.5, 0.6) is 11.5 Å². The number of carbonyl (C=O) groups is 3. The third-order valence-electron chi connectivity index (χ3n) is 6.07. The first-order valence-corrected chi connectivity index (χ1v) is 11.6. The number of methoxy groups -OCH3 is 2. The molecule has 3 amide bonds. The summed E-state index contributed by atoms with van der Waals surface area (Å²) >= 11 is 0. The van der Waals surface area contributed by atoms with Gasteiger partial charge in [-0.25, -0.2) is 0 Å². The van der Waals surface area contributed by atoms with Crippen molar-refractivity contribution < 1.29 is 23.9 Å². The lowest BCUT2D eigenvalue weighted by molar-refractivity contribution is -0.124. The largest absolute Gasteiger partial charge is 0.497 e. The predicted octanol–water partition coefficient (Wildman–Crippen LogP) is 2.88. The van der Waals surface area contributed by atoms with Gasteiger partial charge in [0.15, 0.2) is 0 Å². The number of hydrogen-bond acceptors (Lipinski definition) is 5. The van der Waals surface area contributed by atoms with Crippen molar-refractivity contribution in [2.45, 2.75) is 32.2 Å². The molecule has 2 aromatic rings. The Bertz CT molecular complexity index is 1000. The maximum atomic E-state index is 13.0. The van der Waals surface area contributed by atoms with Crippen LogP contribution in [0.1, 0.15) is 46.9 Å². The van der Waals surface area contributed by atoms with Gasteiger partial charge in [0.25, 0.3) is 11.8 Å². The Hall–Kier alpha value is -3.55. The molecule has 0 radical (unpaired) electrons. The Morgan fingerprint density at radius 3 is 2.15 bits per heavy atom. The summed E-state index contributed by atoms with van der Waals surface area (Å²) in [5.74, 6) is 0.532. The Labute approximate surface area is 200 Å². The van der Waals surface area contributed by atoms with Crippen LogP contribution >= 0.6 is 0 Å². The molecule has 182 valence electrons. The van der Waals surface area contributed by atoms with Gasteiger partial charge in [-0.1, -0.05) is 19.1 Å². The van der Waals surface area contributed by atoms with E-state index in [4.69, 9.17) is 9.47 Å². The molecule has 2 aromatic carbocycles. The lowest BCUT2D eigenvalue weighted by Crippen LogP contribution is -2.54. The van der Waals surface area contributed by atoms with E-state index in [-0.39, 0.29) is 23.6 Å². The van der Waals surface area contributed by atoms with E-state index in [0.29, 0.717) is 55.1 Å². The zero-order valence-corrected chi connectivity index (χ0v) is 20.0. The van der Waals surface area contributed by atoms with Crippen LogP contribution in [0.2, 0.25) is 0 Å². The molecule has 1 aliphatic heterocycles. The van der Waals surface area contributed by atoms with Crippen molar-refractivity contribution in [3.63, 3.8) is 0 Å². The van der Waals surface area contributed by atoms with E-state index in [9.17, 15) is 14.4 Å². The fraction of sp³-hybridized carbons (Fsp3) is 0.423. The van der Waals surface area contributed by atoms with E-state index in [1.54, 1.807) is 67.7 Å². The third-order valence-corrected chi connectivity index (χ3v) is 6.07. The Balaban J connectivity index is 1.69. The normalized spacial score (nSPS) is 14.7. The van der Waals surface area contributed by atoms with Crippen LogP contribution in [0.4, 0.5) is 0 Å². The number of rotatable bonds is 9. The van der Waals surface area contributed by atoms with Crippen LogP contribution < -0.4 is 20.1 Å². The summed E-state index contributed by atoms with van der Waals surface area (Å²) in [6, 6.07) is 13.2. The van der Waals surface area contributed by atoms with E-state index >= 15 is 0 Å². The van der Waals surface area contributed by atoms with Crippen molar-refractivity contribution in [2.75, 3.05) is 33.9 Å². The molecule has 0 spiro atoms. The third kappa shape index (κ3) is 6.27. The molecular formula is C26H33N3O5. The fourth-order valence-electron chi connectivity index (χ4n) is 4.12. The van der Waals surface area contributed by atoms with Crippen LogP contribution in [0.15, 0.2) is 48.5 Å².